The third-order valence-corrected chi connectivity index (χ3v) is 3.99. The Kier molecular flexibility index (Phi) is 3.90. The predicted octanol–water partition coefficient (Wildman–Crippen LogP) is 3.16. The number of nitrogens with zero attached hydrogens (tertiary/aromatic N) is 2. The van der Waals surface area contributed by atoms with Gasteiger partial charge in [-0.1, -0.05) is 0 Å². The van der Waals surface area contributed by atoms with E-state index >= 15 is 0 Å². The molecule has 17 heavy (non-hydrogen) atoms. The molecule has 0 aliphatic carbocycles. The summed E-state index contributed by atoms with van der Waals surface area (Å²) in [5.41, 5.74) is -0.581. The maximum absolute atomic E-state index is 12.1. The molecule has 0 saturated carbocycles. The van der Waals surface area contributed by atoms with Crippen LogP contribution in [0.5, 0.6) is 0 Å². The highest BCUT2D eigenvalue weighted by molar-refractivity contribution is 8.02. The summed E-state index contributed by atoms with van der Waals surface area (Å²) in [6.45, 7) is 9.09. The normalized spacial score (nSPS) is 27.7. The van der Waals surface area contributed by atoms with E-state index in [9.17, 15) is 4.79 Å². The number of hydrogen-bond acceptors (Lipinski definition) is 4. The Morgan fingerprint density at radius 2 is 2.06 bits per heavy atom. The van der Waals surface area contributed by atoms with Crippen LogP contribution in [0, 0.1) is 11.3 Å². The first-order valence-electron chi connectivity index (χ1n) is 5.32. The fourth-order valence-electron chi connectivity index (χ4n) is 1.61. The molecule has 1 fully saturated rings. The number of amides is 1. The lowest BCUT2D eigenvalue weighted by atomic mass is 10.2. The molecule has 1 aliphatic heterocycles. The lowest BCUT2D eigenvalue weighted by Gasteiger charge is -2.33. The van der Waals surface area contributed by atoms with E-state index in [2.05, 4.69) is 6.07 Å². The molecule has 0 radical (unpaired) electrons. The summed E-state index contributed by atoms with van der Waals surface area (Å²) in [4.78, 5) is 13.0. The van der Waals surface area contributed by atoms with Crippen LogP contribution in [0.3, 0.4) is 0 Å². The fourth-order valence-corrected chi connectivity index (χ4v) is 3.60. The number of rotatable bonds is 0. The number of ether oxygens (including phenoxy) is 1. The molecule has 96 valence electrons. The fraction of sp³-hybridized carbons (Fsp3) is 0.818. The first-order valence-corrected chi connectivity index (χ1v) is 6.64. The Bertz CT molecular complexity index is 359. The van der Waals surface area contributed by atoms with Crippen molar-refractivity contribution in [1.29, 1.82) is 5.26 Å². The minimum Gasteiger partial charge on any atom is -0.444 e. The lowest BCUT2D eigenvalue weighted by molar-refractivity contribution is 0.0139. The smallest absolute Gasteiger partial charge is 0.412 e. The van der Waals surface area contributed by atoms with Gasteiger partial charge in [-0.2, -0.15) is 5.26 Å². The van der Waals surface area contributed by atoms with Gasteiger partial charge < -0.3 is 4.74 Å². The molecule has 0 aromatic carbocycles. The van der Waals surface area contributed by atoms with Crippen LogP contribution in [0.2, 0.25) is 0 Å². The monoisotopic (exact) mass is 276 g/mol. The SMILES string of the molecule is CC(C)(C)OC(=O)N1C(C#N)C(Cl)SC1(C)C. The van der Waals surface area contributed by atoms with E-state index < -0.39 is 27.3 Å². The van der Waals surface area contributed by atoms with Crippen molar-refractivity contribution < 1.29 is 9.53 Å². The Morgan fingerprint density at radius 1 is 1.53 bits per heavy atom. The van der Waals surface area contributed by atoms with Crippen LogP contribution in [0.4, 0.5) is 4.79 Å². The zero-order valence-corrected chi connectivity index (χ0v) is 12.2. The lowest BCUT2D eigenvalue weighted by Crippen LogP contribution is -2.48. The Balaban J connectivity index is 2.94. The van der Waals surface area contributed by atoms with Crippen LogP contribution in [0.25, 0.3) is 0 Å². The van der Waals surface area contributed by atoms with E-state index in [1.54, 1.807) is 20.8 Å². The van der Waals surface area contributed by atoms with Gasteiger partial charge in [0.25, 0.3) is 0 Å². The number of nitriles is 1. The van der Waals surface area contributed by atoms with Gasteiger partial charge >= 0.3 is 6.09 Å². The minimum atomic E-state index is -0.661. The average molecular weight is 277 g/mol. The molecule has 1 aliphatic rings. The van der Waals surface area contributed by atoms with Crippen molar-refractivity contribution in [1.82, 2.24) is 4.90 Å². The standard InChI is InChI=1S/C11H17ClN2O2S/c1-10(2,3)16-9(15)14-7(6-13)8(12)17-11(14,4)5/h7-8H,1-5H3. The van der Waals surface area contributed by atoms with Gasteiger partial charge in [-0.25, -0.2) is 4.79 Å². The van der Waals surface area contributed by atoms with Gasteiger partial charge in [0.05, 0.1) is 10.9 Å². The Labute approximate surface area is 111 Å². The molecular weight excluding hydrogens is 260 g/mol. The van der Waals surface area contributed by atoms with Crippen molar-refractivity contribution in [3.8, 4) is 6.07 Å². The van der Waals surface area contributed by atoms with Crippen molar-refractivity contribution in [2.45, 2.75) is 55.8 Å². The van der Waals surface area contributed by atoms with Gasteiger partial charge in [-0.3, -0.25) is 4.90 Å². The largest absolute Gasteiger partial charge is 0.444 e. The first-order chi connectivity index (χ1) is 7.58. The second kappa shape index (κ2) is 4.58. The van der Waals surface area contributed by atoms with Gasteiger partial charge in [0.2, 0.25) is 0 Å². The van der Waals surface area contributed by atoms with Crippen LogP contribution >= 0.6 is 23.4 Å². The van der Waals surface area contributed by atoms with Crippen LogP contribution in [-0.4, -0.2) is 32.2 Å². The van der Waals surface area contributed by atoms with Crippen molar-refractivity contribution in [3.63, 3.8) is 0 Å². The minimum absolute atomic E-state index is 0.428. The van der Waals surface area contributed by atoms with E-state index in [1.807, 2.05) is 13.8 Å². The van der Waals surface area contributed by atoms with Crippen molar-refractivity contribution in [3.05, 3.63) is 0 Å². The third kappa shape index (κ3) is 3.20. The highest BCUT2D eigenvalue weighted by atomic mass is 35.5. The van der Waals surface area contributed by atoms with Crippen LogP contribution in [-0.2, 0) is 4.74 Å². The molecule has 0 spiro atoms. The van der Waals surface area contributed by atoms with Crippen LogP contribution in [0.1, 0.15) is 34.6 Å². The number of hydrogen-bond donors (Lipinski definition) is 0. The molecular formula is C11H17ClN2O2S. The number of alkyl halides is 1. The number of carbonyl (C=O) groups is 1. The van der Waals surface area contributed by atoms with E-state index in [0.29, 0.717) is 0 Å². The topological polar surface area (TPSA) is 53.3 Å². The number of thioether (sulfide) groups is 1. The molecule has 1 heterocycles. The van der Waals surface area contributed by atoms with Gasteiger partial charge in [0.15, 0.2) is 0 Å². The molecule has 0 bridgehead atoms. The summed E-state index contributed by atoms with van der Waals surface area (Å²) in [5, 5.41) is 9.09. The molecule has 4 nitrogen and oxygen atoms in total. The van der Waals surface area contributed by atoms with Crippen LogP contribution < -0.4 is 0 Å². The summed E-state index contributed by atoms with van der Waals surface area (Å²) in [6, 6.07) is 1.40. The number of carbonyl (C=O) groups excluding carboxylic acids is 1. The zero-order chi connectivity index (χ0) is 13.4. The molecule has 6 heteroatoms. The van der Waals surface area contributed by atoms with Crippen molar-refractivity contribution >= 4 is 29.5 Å². The summed E-state index contributed by atoms with van der Waals surface area (Å²) in [6.07, 6.45) is -0.496. The van der Waals surface area contributed by atoms with Gasteiger partial charge in [-0.15, -0.1) is 23.4 Å². The molecule has 2 atom stereocenters. The molecule has 0 N–H and O–H groups in total. The van der Waals surface area contributed by atoms with Crippen molar-refractivity contribution in [2.75, 3.05) is 0 Å². The number of halogens is 1. The van der Waals surface area contributed by atoms with E-state index in [4.69, 9.17) is 21.6 Å². The zero-order valence-electron chi connectivity index (χ0n) is 10.7. The average Bonchev–Trinajstić information content (AvgIpc) is 2.31. The van der Waals surface area contributed by atoms with Gasteiger partial charge in [-0.05, 0) is 34.6 Å². The summed E-state index contributed by atoms with van der Waals surface area (Å²) in [7, 11) is 0. The molecule has 1 saturated heterocycles. The Hall–Kier alpha value is -0.600. The van der Waals surface area contributed by atoms with Crippen LogP contribution in [0.15, 0.2) is 0 Å². The first kappa shape index (κ1) is 14.5. The Morgan fingerprint density at radius 3 is 2.47 bits per heavy atom. The third-order valence-electron chi connectivity index (χ3n) is 2.23. The molecule has 0 aromatic heterocycles. The highest BCUT2D eigenvalue weighted by Gasteiger charge is 2.50. The highest BCUT2D eigenvalue weighted by Crippen LogP contribution is 2.46. The van der Waals surface area contributed by atoms with E-state index in [1.165, 1.54) is 16.7 Å². The van der Waals surface area contributed by atoms with Crippen molar-refractivity contribution in [2.24, 2.45) is 0 Å². The maximum atomic E-state index is 12.1. The predicted molar refractivity (Wildman–Crippen MR) is 68.8 cm³/mol. The summed E-state index contributed by atoms with van der Waals surface area (Å²) >= 11 is 7.45. The van der Waals surface area contributed by atoms with E-state index in [0.717, 1.165) is 0 Å². The quantitative estimate of drug-likeness (QED) is 0.638. The summed E-state index contributed by atoms with van der Waals surface area (Å²) < 4.78 is 4.87. The second-order valence-electron chi connectivity index (χ2n) is 5.34. The molecule has 1 rings (SSSR count). The molecule has 1 amide bonds. The maximum Gasteiger partial charge on any atom is 0.412 e. The summed E-state index contributed by atoms with van der Waals surface area (Å²) in [5.74, 6) is 0. The van der Waals surface area contributed by atoms with Gasteiger partial charge in [0.1, 0.15) is 16.4 Å². The molecule has 0 aromatic rings. The van der Waals surface area contributed by atoms with Gasteiger partial charge in [0, 0.05) is 0 Å². The molecule has 2 unspecified atom stereocenters. The van der Waals surface area contributed by atoms with E-state index in [-0.39, 0.29) is 0 Å². The second-order valence-corrected chi connectivity index (χ2v) is 7.81.